The molecule has 0 spiro atoms. The molecule has 2 aromatic carbocycles. The van der Waals surface area contributed by atoms with E-state index in [9.17, 15) is 22.0 Å². The third kappa shape index (κ3) is 10.3. The Bertz CT molecular complexity index is 1840. The number of rotatable bonds is 9. The van der Waals surface area contributed by atoms with E-state index >= 15 is 0 Å². The van der Waals surface area contributed by atoms with Crippen LogP contribution in [0.3, 0.4) is 0 Å². The van der Waals surface area contributed by atoms with E-state index in [1.807, 2.05) is 61.6 Å². The first-order valence-electron chi connectivity index (χ1n) is 15.3. The molecule has 0 N–H and O–H groups in total. The van der Waals surface area contributed by atoms with Crippen LogP contribution in [0.5, 0.6) is 11.5 Å². The molecule has 266 valence electrons. The van der Waals surface area contributed by atoms with Crippen molar-refractivity contribution < 1.29 is 51.5 Å². The van der Waals surface area contributed by atoms with E-state index in [4.69, 9.17) is 9.47 Å². The van der Waals surface area contributed by atoms with Crippen LogP contribution in [-0.2, 0) is 46.4 Å². The fourth-order valence-electron chi connectivity index (χ4n) is 4.34. The van der Waals surface area contributed by atoms with Gasteiger partial charge in [0, 0.05) is 79.4 Å². The second-order valence-electron chi connectivity index (χ2n) is 10.1. The molecule has 0 bridgehead atoms. The van der Waals surface area contributed by atoms with Gasteiger partial charge in [-0.1, -0.05) is 41.1 Å². The third-order valence-corrected chi connectivity index (χ3v) is 6.66. The quantitative estimate of drug-likeness (QED) is 0.111. The van der Waals surface area contributed by atoms with Crippen LogP contribution in [0.4, 0.5) is 22.0 Å². The van der Waals surface area contributed by atoms with Gasteiger partial charge < -0.3 is 24.2 Å². The molecule has 0 radical (unpaired) electrons. The second-order valence-corrected chi connectivity index (χ2v) is 10.1. The zero-order valence-corrected chi connectivity index (χ0v) is 30.2. The topological polar surface area (TPSA) is 98.9 Å². The van der Waals surface area contributed by atoms with Gasteiger partial charge in [-0.2, -0.15) is 13.2 Å². The molecule has 0 unspecified atom stereocenters. The zero-order chi connectivity index (χ0) is 35.6. The van der Waals surface area contributed by atoms with E-state index in [0.717, 1.165) is 30.5 Å². The maximum atomic E-state index is 13.1. The second kappa shape index (κ2) is 18.3. The molecular weight excluding hydrogens is 840 g/mol. The van der Waals surface area contributed by atoms with Crippen molar-refractivity contribution in [2.75, 3.05) is 13.2 Å². The molecule has 0 atom stereocenters. The zero-order valence-electron chi connectivity index (χ0n) is 27.8. The summed E-state index contributed by atoms with van der Waals surface area (Å²) in [5, 5.41) is 15.2. The fourth-order valence-corrected chi connectivity index (χ4v) is 4.34. The monoisotopic (exact) mass is 874 g/mol. The molecule has 50 heavy (non-hydrogen) atoms. The van der Waals surface area contributed by atoms with Crippen molar-refractivity contribution >= 4 is 0 Å². The maximum absolute atomic E-state index is 13.1. The van der Waals surface area contributed by atoms with Gasteiger partial charge in [0.05, 0.1) is 13.2 Å². The van der Waals surface area contributed by atoms with Crippen LogP contribution in [0.2, 0.25) is 0 Å². The molecule has 6 aromatic rings. The number of nitrogens with zero attached hydrogens (tertiary/aromatic N) is 8. The summed E-state index contributed by atoms with van der Waals surface area (Å²) < 4.78 is 78.9. The number of benzene rings is 2. The van der Waals surface area contributed by atoms with E-state index in [0.29, 0.717) is 41.7 Å². The van der Waals surface area contributed by atoms with Gasteiger partial charge in [-0.3, -0.25) is 18.1 Å². The van der Waals surface area contributed by atoms with Crippen LogP contribution < -0.4 is 14.6 Å². The van der Waals surface area contributed by atoms with Crippen molar-refractivity contribution in [3.8, 4) is 45.5 Å². The number of hydrogen-bond acceptors (Lipinski definition) is 6. The van der Waals surface area contributed by atoms with Gasteiger partial charge >= 0.3 is 26.3 Å². The summed E-state index contributed by atoms with van der Waals surface area (Å²) in [6.45, 7) is 10.3. The van der Waals surface area contributed by atoms with E-state index in [1.165, 1.54) is 30.5 Å². The molecule has 4 heterocycles. The SMILES string of the molecule is CCOc1cc(F)c[c-]c1-c1ccn(CC)n1.CCOc1cc(F)c[c-]c1-c1ccn(CC)n1.Cn1ccnc1-c1cc(C(F)(F)F)n[n-]1.[Ir+3]. The summed E-state index contributed by atoms with van der Waals surface area (Å²) in [4.78, 5) is 3.87. The van der Waals surface area contributed by atoms with Gasteiger partial charge in [0.1, 0.15) is 11.5 Å². The predicted octanol–water partition coefficient (Wildman–Crippen LogP) is 7.27. The number of hydrogen-bond donors (Lipinski definition) is 0. The number of alkyl halides is 3. The van der Waals surface area contributed by atoms with Crippen molar-refractivity contribution in [2.24, 2.45) is 7.05 Å². The molecular formula is C34H34F5IrN8O2. The standard InChI is InChI=1S/2C13H14FN2O.C8H6F3N4.Ir/c2*1-3-16-8-7-12(15-16)11-6-5-10(14)9-13(11)17-4-2;1-15-3-2-12-7(15)5-4-6(14-13-5)8(9,10)11;/h2*5,7-9H,3-4H2,1-2H3;2-4H,1H3;/q3*-1;+3. The summed E-state index contributed by atoms with van der Waals surface area (Å²) in [6, 6.07) is 15.7. The number of ether oxygens (including phenoxy) is 2. The Morgan fingerprint density at radius 1 is 0.780 bits per heavy atom. The minimum Gasteiger partial charge on any atom is -0.572 e. The Morgan fingerprint density at radius 2 is 1.28 bits per heavy atom. The van der Waals surface area contributed by atoms with Crippen LogP contribution in [0.1, 0.15) is 33.4 Å². The van der Waals surface area contributed by atoms with Gasteiger partial charge in [0.15, 0.2) is 0 Å². The molecule has 0 fully saturated rings. The van der Waals surface area contributed by atoms with Crippen LogP contribution in [0.25, 0.3) is 34.0 Å². The minimum absolute atomic E-state index is 0. The van der Waals surface area contributed by atoms with Crippen LogP contribution in [0.15, 0.2) is 67.3 Å². The average molecular weight is 874 g/mol. The van der Waals surface area contributed by atoms with Crippen LogP contribution in [0, 0.1) is 23.8 Å². The molecule has 6 rings (SSSR count). The summed E-state index contributed by atoms with van der Waals surface area (Å²) in [5.74, 6) is 0.611. The number of imidazole rings is 1. The normalized spacial score (nSPS) is 10.8. The van der Waals surface area contributed by atoms with Gasteiger partial charge in [-0.15, -0.1) is 24.3 Å². The Kier molecular flexibility index (Phi) is 14.5. The van der Waals surface area contributed by atoms with Crippen LogP contribution >= 0.6 is 0 Å². The molecule has 0 amide bonds. The maximum Gasteiger partial charge on any atom is 3.00 e. The molecule has 0 aliphatic heterocycles. The van der Waals surface area contributed by atoms with E-state index in [2.05, 4.69) is 37.5 Å². The Hall–Kier alpha value is -4.82. The van der Waals surface area contributed by atoms with Crippen molar-refractivity contribution in [1.29, 1.82) is 0 Å². The summed E-state index contributed by atoms with van der Waals surface area (Å²) >= 11 is 0. The number of aryl methyl sites for hydroxylation is 3. The largest absolute Gasteiger partial charge is 3.00 e. The average Bonchev–Trinajstić information content (AvgIpc) is 3.89. The van der Waals surface area contributed by atoms with Gasteiger partial charge in [0.25, 0.3) is 0 Å². The first-order valence-corrected chi connectivity index (χ1v) is 15.3. The van der Waals surface area contributed by atoms with Gasteiger partial charge in [0.2, 0.25) is 0 Å². The van der Waals surface area contributed by atoms with Crippen molar-refractivity contribution in [1.82, 2.24) is 39.3 Å². The Morgan fingerprint density at radius 3 is 1.64 bits per heavy atom. The Labute approximate surface area is 299 Å². The van der Waals surface area contributed by atoms with Crippen molar-refractivity contribution in [2.45, 2.75) is 47.0 Å². The molecule has 10 nitrogen and oxygen atoms in total. The smallest absolute Gasteiger partial charge is 0.572 e. The van der Waals surface area contributed by atoms with E-state index in [-0.39, 0.29) is 37.4 Å². The molecule has 0 aliphatic rings. The van der Waals surface area contributed by atoms with Crippen molar-refractivity contribution in [3.63, 3.8) is 0 Å². The summed E-state index contributed by atoms with van der Waals surface area (Å²) in [6.07, 6.45) is 2.40. The van der Waals surface area contributed by atoms with E-state index in [1.54, 1.807) is 17.8 Å². The number of halogens is 5. The first-order chi connectivity index (χ1) is 23.5. The molecule has 0 saturated carbocycles. The predicted molar refractivity (Wildman–Crippen MR) is 171 cm³/mol. The minimum atomic E-state index is -4.46. The molecule has 0 aliphatic carbocycles. The Balaban J connectivity index is 0.000000201. The third-order valence-electron chi connectivity index (χ3n) is 6.66. The summed E-state index contributed by atoms with van der Waals surface area (Å²) in [7, 11) is 1.67. The van der Waals surface area contributed by atoms with Crippen LogP contribution in [-0.4, -0.2) is 47.4 Å². The van der Waals surface area contributed by atoms with Gasteiger partial charge in [-0.25, -0.2) is 15.2 Å². The fraction of sp³-hybridized carbons (Fsp3) is 0.294. The van der Waals surface area contributed by atoms with E-state index < -0.39 is 11.9 Å². The first kappa shape index (κ1) is 39.6. The molecule has 16 heteroatoms. The molecule has 0 saturated heterocycles. The summed E-state index contributed by atoms with van der Waals surface area (Å²) in [5.41, 5.74) is 2.00. The number of aromatic nitrogens is 8. The van der Waals surface area contributed by atoms with Gasteiger partial charge in [-0.05, 0) is 33.8 Å². The van der Waals surface area contributed by atoms with Crippen molar-refractivity contribution in [3.05, 3.63) is 96.7 Å². The molecule has 4 aromatic heterocycles.